The number of aryl methyl sites for hydroxylation is 1. The Morgan fingerprint density at radius 1 is 1.36 bits per heavy atom. The summed E-state index contributed by atoms with van der Waals surface area (Å²) in [5.41, 5.74) is 0.928. The highest BCUT2D eigenvalue weighted by molar-refractivity contribution is 6.06. The van der Waals surface area contributed by atoms with Crippen molar-refractivity contribution in [2.45, 2.75) is 25.9 Å². The van der Waals surface area contributed by atoms with E-state index in [1.165, 1.54) is 12.4 Å². The van der Waals surface area contributed by atoms with Crippen molar-refractivity contribution < 1.29 is 13.9 Å². The maximum atomic E-state index is 14.3. The molecule has 1 N–H and O–H groups in total. The number of benzene rings is 1. The average Bonchev–Trinajstić information content (AvgIpc) is 3.17. The molecule has 28 heavy (non-hydrogen) atoms. The van der Waals surface area contributed by atoms with Crippen molar-refractivity contribution in [2.75, 3.05) is 13.1 Å². The summed E-state index contributed by atoms with van der Waals surface area (Å²) in [6.07, 6.45) is 1.90. The van der Waals surface area contributed by atoms with Gasteiger partial charge in [-0.1, -0.05) is 25.1 Å². The number of halogens is 1. The third-order valence-corrected chi connectivity index (χ3v) is 4.86. The molecule has 1 fully saturated rings. The van der Waals surface area contributed by atoms with Crippen LogP contribution in [-0.2, 0) is 6.42 Å². The van der Waals surface area contributed by atoms with Crippen LogP contribution in [0.3, 0.4) is 0 Å². The fourth-order valence-electron chi connectivity index (χ4n) is 3.44. The number of nitrogens with one attached hydrogen (secondary N) is 1. The van der Waals surface area contributed by atoms with Gasteiger partial charge in [0.2, 0.25) is 11.4 Å². The zero-order valence-corrected chi connectivity index (χ0v) is 15.3. The number of amides is 1. The number of hydrogen-bond donors (Lipinski definition) is 1. The molecular weight excluding hydrogens is 363 g/mol. The van der Waals surface area contributed by atoms with Gasteiger partial charge in [-0.05, 0) is 12.5 Å². The van der Waals surface area contributed by atoms with Gasteiger partial charge in [-0.25, -0.2) is 4.98 Å². The summed E-state index contributed by atoms with van der Waals surface area (Å²) in [5.74, 6) is -0.895. The first-order valence-electron chi connectivity index (χ1n) is 9.14. The molecule has 1 aliphatic rings. The van der Waals surface area contributed by atoms with Crippen molar-refractivity contribution in [3.63, 3.8) is 0 Å². The van der Waals surface area contributed by atoms with E-state index in [1.807, 2.05) is 6.07 Å². The number of carbonyl (C=O) groups excluding carboxylic acids is 1. The topological polar surface area (TPSA) is 88.2 Å². The monoisotopic (exact) mass is 382 g/mol. The van der Waals surface area contributed by atoms with Crippen LogP contribution in [-0.4, -0.2) is 45.0 Å². The van der Waals surface area contributed by atoms with Gasteiger partial charge < -0.3 is 14.6 Å². The Bertz CT molecular complexity index is 1100. The predicted octanol–water partition coefficient (Wildman–Crippen LogP) is 2.31. The first-order chi connectivity index (χ1) is 13.6. The van der Waals surface area contributed by atoms with E-state index >= 15 is 0 Å². The lowest BCUT2D eigenvalue weighted by Gasteiger charge is -2.18. The van der Waals surface area contributed by atoms with E-state index in [-0.39, 0.29) is 23.5 Å². The Kier molecular flexibility index (Phi) is 4.77. The molecule has 1 unspecified atom stereocenters. The second kappa shape index (κ2) is 7.38. The van der Waals surface area contributed by atoms with E-state index in [2.05, 4.69) is 15.0 Å². The summed E-state index contributed by atoms with van der Waals surface area (Å²) in [6, 6.07) is 8.48. The number of likely N-dealkylation sites (tertiary alicyclic amines) is 1. The van der Waals surface area contributed by atoms with Crippen LogP contribution in [0.25, 0.3) is 10.9 Å². The Balaban J connectivity index is 1.54. The van der Waals surface area contributed by atoms with Crippen molar-refractivity contribution in [1.29, 1.82) is 0 Å². The standard InChI is InChI=1S/C20H19FN4O3/c1-2-15-18(21)19(23-11-22-15)28-12-7-8-25(10-12)20(27)14-9-17(26)24-16-6-4-3-5-13(14)16/h3-6,9,11-12H,2,7-8,10H2,1H3,(H,24,26). The quantitative estimate of drug-likeness (QED) is 0.748. The number of pyridine rings is 1. The number of carbonyl (C=O) groups is 1. The number of aromatic amines is 1. The Morgan fingerprint density at radius 3 is 3.00 bits per heavy atom. The van der Waals surface area contributed by atoms with E-state index < -0.39 is 5.82 Å². The molecule has 3 aromatic rings. The average molecular weight is 382 g/mol. The Morgan fingerprint density at radius 2 is 2.18 bits per heavy atom. The van der Waals surface area contributed by atoms with Gasteiger partial charge in [0.15, 0.2) is 0 Å². The molecule has 0 spiro atoms. The smallest absolute Gasteiger partial charge is 0.254 e. The summed E-state index contributed by atoms with van der Waals surface area (Å²) in [5, 5.41) is 0.686. The van der Waals surface area contributed by atoms with Crippen LogP contribution in [0.15, 0.2) is 41.5 Å². The Hall–Kier alpha value is -3.29. The van der Waals surface area contributed by atoms with E-state index in [9.17, 15) is 14.0 Å². The lowest BCUT2D eigenvalue weighted by atomic mass is 10.1. The molecule has 7 nitrogen and oxygen atoms in total. The highest BCUT2D eigenvalue weighted by Gasteiger charge is 2.30. The number of aromatic nitrogens is 3. The van der Waals surface area contributed by atoms with Crippen molar-refractivity contribution in [3.8, 4) is 5.88 Å². The molecule has 0 radical (unpaired) electrons. The first-order valence-corrected chi connectivity index (χ1v) is 9.14. The highest BCUT2D eigenvalue weighted by Crippen LogP contribution is 2.23. The van der Waals surface area contributed by atoms with Crippen molar-refractivity contribution in [3.05, 3.63) is 64.1 Å². The van der Waals surface area contributed by atoms with Crippen LogP contribution >= 0.6 is 0 Å². The van der Waals surface area contributed by atoms with Gasteiger partial charge in [-0.15, -0.1) is 0 Å². The van der Waals surface area contributed by atoms with Crippen LogP contribution in [0.4, 0.5) is 4.39 Å². The van der Waals surface area contributed by atoms with Gasteiger partial charge in [0, 0.05) is 29.9 Å². The molecule has 0 aliphatic carbocycles. The van der Waals surface area contributed by atoms with Gasteiger partial charge in [0.1, 0.15) is 12.4 Å². The minimum absolute atomic E-state index is 0.0900. The van der Waals surface area contributed by atoms with Crippen molar-refractivity contribution in [1.82, 2.24) is 19.9 Å². The molecular formula is C20H19FN4O3. The maximum absolute atomic E-state index is 14.3. The summed E-state index contributed by atoms with van der Waals surface area (Å²) < 4.78 is 20.0. The number of H-pyrrole nitrogens is 1. The second-order valence-corrected chi connectivity index (χ2v) is 6.67. The molecule has 1 aromatic carbocycles. The van der Waals surface area contributed by atoms with Crippen LogP contribution in [0, 0.1) is 5.82 Å². The number of rotatable bonds is 4. The normalized spacial score (nSPS) is 16.5. The van der Waals surface area contributed by atoms with Crippen molar-refractivity contribution >= 4 is 16.8 Å². The number of ether oxygens (including phenoxy) is 1. The second-order valence-electron chi connectivity index (χ2n) is 6.67. The number of hydrogen-bond acceptors (Lipinski definition) is 5. The van der Waals surface area contributed by atoms with E-state index in [0.29, 0.717) is 48.1 Å². The number of para-hydroxylation sites is 1. The van der Waals surface area contributed by atoms with E-state index in [1.54, 1.807) is 30.0 Å². The van der Waals surface area contributed by atoms with Crippen LogP contribution in [0.2, 0.25) is 0 Å². The van der Waals surface area contributed by atoms with Gasteiger partial charge in [-0.3, -0.25) is 9.59 Å². The molecule has 1 atom stereocenters. The third kappa shape index (κ3) is 3.33. The first kappa shape index (κ1) is 18.1. The largest absolute Gasteiger partial charge is 0.470 e. The molecule has 1 amide bonds. The highest BCUT2D eigenvalue weighted by atomic mass is 19.1. The maximum Gasteiger partial charge on any atom is 0.254 e. The number of nitrogens with zero attached hydrogens (tertiary/aromatic N) is 3. The summed E-state index contributed by atoms with van der Waals surface area (Å²) in [4.78, 5) is 37.0. The molecule has 0 saturated carbocycles. The van der Waals surface area contributed by atoms with Gasteiger partial charge in [0.05, 0.1) is 17.8 Å². The lowest BCUT2D eigenvalue weighted by Crippen LogP contribution is -2.32. The Labute approximate surface area is 160 Å². The zero-order valence-electron chi connectivity index (χ0n) is 15.3. The molecule has 3 heterocycles. The predicted molar refractivity (Wildman–Crippen MR) is 101 cm³/mol. The minimum atomic E-state index is -0.560. The van der Waals surface area contributed by atoms with Crippen molar-refractivity contribution in [2.24, 2.45) is 0 Å². The molecule has 1 aliphatic heterocycles. The van der Waals surface area contributed by atoms with E-state index in [0.717, 1.165) is 0 Å². The summed E-state index contributed by atoms with van der Waals surface area (Å²) in [7, 11) is 0. The van der Waals surface area contributed by atoms with Gasteiger partial charge >= 0.3 is 0 Å². The third-order valence-electron chi connectivity index (χ3n) is 4.86. The molecule has 2 aromatic heterocycles. The molecule has 144 valence electrons. The molecule has 8 heteroatoms. The summed E-state index contributed by atoms with van der Waals surface area (Å²) in [6.45, 7) is 2.56. The van der Waals surface area contributed by atoms with Crippen LogP contribution in [0.5, 0.6) is 5.88 Å². The fraction of sp³-hybridized carbons (Fsp3) is 0.300. The van der Waals surface area contributed by atoms with E-state index in [4.69, 9.17) is 4.74 Å². The zero-order chi connectivity index (χ0) is 19.7. The lowest BCUT2D eigenvalue weighted by molar-refractivity contribution is 0.0771. The van der Waals surface area contributed by atoms with Gasteiger partial charge in [0.25, 0.3) is 11.8 Å². The summed E-state index contributed by atoms with van der Waals surface area (Å²) >= 11 is 0. The molecule has 4 rings (SSSR count). The fourth-order valence-corrected chi connectivity index (χ4v) is 3.44. The van der Waals surface area contributed by atoms with Crippen LogP contribution < -0.4 is 10.3 Å². The number of fused-ring (bicyclic) bond motifs is 1. The minimum Gasteiger partial charge on any atom is -0.470 e. The molecule has 0 bridgehead atoms. The van der Waals surface area contributed by atoms with Gasteiger partial charge in [-0.2, -0.15) is 9.37 Å². The van der Waals surface area contributed by atoms with Crippen LogP contribution in [0.1, 0.15) is 29.4 Å². The molecule has 1 saturated heterocycles. The SMILES string of the molecule is CCc1ncnc(OC2CCN(C(=O)c3cc(=O)[nH]c4ccccc34)C2)c1F.